The highest BCUT2D eigenvalue weighted by molar-refractivity contribution is 6.15. The minimum Gasteiger partial charge on any atom is -0.503 e. The molecule has 0 aromatic heterocycles. The van der Waals surface area contributed by atoms with Gasteiger partial charge in [0, 0.05) is 12.1 Å². The molecule has 0 atom stereocenters. The van der Waals surface area contributed by atoms with Crippen molar-refractivity contribution in [2.24, 2.45) is 0 Å². The van der Waals surface area contributed by atoms with E-state index in [-0.39, 0.29) is 23.6 Å². The molecule has 9 heteroatoms. The molecule has 0 unspecified atom stereocenters. The van der Waals surface area contributed by atoms with Gasteiger partial charge in [-0.25, -0.2) is 9.59 Å². The number of nitrogens with zero attached hydrogens (tertiary/aromatic N) is 1. The van der Waals surface area contributed by atoms with E-state index in [1.807, 2.05) is 0 Å². The highest BCUT2D eigenvalue weighted by Gasteiger charge is 2.16. The van der Waals surface area contributed by atoms with E-state index in [1.54, 1.807) is 24.3 Å². The van der Waals surface area contributed by atoms with Crippen molar-refractivity contribution in [3.8, 4) is 5.75 Å². The van der Waals surface area contributed by atoms with Crippen LogP contribution in [0.3, 0.4) is 0 Å². The van der Waals surface area contributed by atoms with Crippen molar-refractivity contribution in [1.29, 1.82) is 0 Å². The van der Waals surface area contributed by atoms with Crippen LogP contribution in [0, 0.1) is 10.1 Å². The standard InChI is InChI=1S/C18H15NO8/c1-25-11-16(17(20)21)15-5-3-2-4-12(15)10-26-18(22)27-14-8-6-13(7-9-14)19(23)24/h2-9,11H,10H2,1H3,(H,20,21). The quantitative estimate of drug-likeness (QED) is 0.195. The average Bonchev–Trinajstić information content (AvgIpc) is 2.65. The van der Waals surface area contributed by atoms with Gasteiger partial charge in [0.2, 0.25) is 0 Å². The number of carbonyl (C=O) groups is 2. The summed E-state index contributed by atoms with van der Waals surface area (Å²) in [7, 11) is 1.32. The molecule has 0 saturated heterocycles. The van der Waals surface area contributed by atoms with Crippen LogP contribution in [0.15, 0.2) is 54.8 Å². The van der Waals surface area contributed by atoms with E-state index >= 15 is 0 Å². The minimum atomic E-state index is -1.20. The smallest absolute Gasteiger partial charge is 0.503 e. The molecular weight excluding hydrogens is 358 g/mol. The fourth-order valence-electron chi connectivity index (χ4n) is 2.15. The second-order valence-corrected chi connectivity index (χ2v) is 5.12. The van der Waals surface area contributed by atoms with Crippen molar-refractivity contribution in [3.63, 3.8) is 0 Å². The summed E-state index contributed by atoms with van der Waals surface area (Å²) in [4.78, 5) is 33.2. The van der Waals surface area contributed by atoms with E-state index in [0.717, 1.165) is 6.26 Å². The first-order chi connectivity index (χ1) is 12.9. The molecule has 2 aromatic rings. The van der Waals surface area contributed by atoms with Gasteiger partial charge in [0.25, 0.3) is 5.69 Å². The Bertz CT molecular complexity index is 873. The van der Waals surface area contributed by atoms with Gasteiger partial charge in [-0.3, -0.25) is 10.1 Å². The van der Waals surface area contributed by atoms with Crippen LogP contribution in [0.2, 0.25) is 0 Å². The maximum absolute atomic E-state index is 11.8. The Morgan fingerprint density at radius 1 is 1.15 bits per heavy atom. The van der Waals surface area contributed by atoms with Crippen LogP contribution < -0.4 is 4.74 Å². The van der Waals surface area contributed by atoms with Crippen LogP contribution in [-0.4, -0.2) is 29.3 Å². The molecule has 0 aliphatic carbocycles. The zero-order chi connectivity index (χ0) is 19.8. The lowest BCUT2D eigenvalue weighted by atomic mass is 10.0. The summed E-state index contributed by atoms with van der Waals surface area (Å²) in [5, 5.41) is 19.9. The number of non-ortho nitro benzene ring substituents is 1. The number of carboxylic acid groups (broad SMARTS) is 1. The maximum Gasteiger partial charge on any atom is 0.514 e. The molecule has 2 aromatic carbocycles. The van der Waals surface area contributed by atoms with E-state index in [4.69, 9.17) is 14.2 Å². The monoisotopic (exact) mass is 373 g/mol. The first-order valence-electron chi connectivity index (χ1n) is 7.56. The Balaban J connectivity index is 2.06. The SMILES string of the molecule is COC=C(C(=O)O)c1ccccc1COC(=O)Oc1ccc([N+](=O)[O-])cc1. The molecule has 2 rings (SSSR count). The molecule has 0 spiro atoms. The van der Waals surface area contributed by atoms with Crippen molar-refractivity contribution in [3.05, 3.63) is 76.0 Å². The summed E-state index contributed by atoms with van der Waals surface area (Å²) in [6.07, 6.45) is 0.0438. The lowest BCUT2D eigenvalue weighted by Crippen LogP contribution is -2.12. The number of aliphatic carboxylic acids is 1. The van der Waals surface area contributed by atoms with E-state index in [9.17, 15) is 24.8 Å². The molecule has 1 N–H and O–H groups in total. The number of benzene rings is 2. The Hall–Kier alpha value is -3.88. The van der Waals surface area contributed by atoms with Crippen molar-refractivity contribution in [1.82, 2.24) is 0 Å². The molecule has 0 bridgehead atoms. The number of rotatable bonds is 7. The van der Waals surface area contributed by atoms with Crippen LogP contribution in [0.4, 0.5) is 10.5 Å². The predicted octanol–water partition coefficient (Wildman–Crippen LogP) is 3.38. The number of nitro benzene ring substituents is 1. The zero-order valence-electron chi connectivity index (χ0n) is 14.2. The van der Waals surface area contributed by atoms with E-state index in [0.29, 0.717) is 11.1 Å². The van der Waals surface area contributed by atoms with Crippen LogP contribution in [0.1, 0.15) is 11.1 Å². The van der Waals surface area contributed by atoms with Crippen LogP contribution >= 0.6 is 0 Å². The lowest BCUT2D eigenvalue weighted by molar-refractivity contribution is -0.384. The number of methoxy groups -OCH3 is 1. The Morgan fingerprint density at radius 2 is 1.81 bits per heavy atom. The van der Waals surface area contributed by atoms with Crippen LogP contribution in [-0.2, 0) is 20.9 Å². The molecule has 0 radical (unpaired) electrons. The summed E-state index contributed by atoms with van der Waals surface area (Å²) in [5.41, 5.74) is 0.523. The van der Waals surface area contributed by atoms with E-state index in [1.165, 1.54) is 31.4 Å². The highest BCUT2D eigenvalue weighted by Crippen LogP contribution is 2.22. The molecule has 9 nitrogen and oxygen atoms in total. The maximum atomic E-state index is 11.8. The van der Waals surface area contributed by atoms with Gasteiger partial charge in [0.15, 0.2) is 0 Å². The largest absolute Gasteiger partial charge is 0.514 e. The van der Waals surface area contributed by atoms with Crippen molar-refractivity contribution in [2.45, 2.75) is 6.61 Å². The molecule has 0 heterocycles. The number of hydrogen-bond donors (Lipinski definition) is 1. The molecule has 0 aliphatic heterocycles. The van der Waals surface area contributed by atoms with Gasteiger partial charge in [-0.15, -0.1) is 0 Å². The zero-order valence-corrected chi connectivity index (χ0v) is 14.2. The summed E-state index contributed by atoms with van der Waals surface area (Å²) in [6, 6.07) is 11.4. The third-order valence-corrected chi connectivity index (χ3v) is 3.37. The minimum absolute atomic E-state index is 0.0735. The average molecular weight is 373 g/mol. The summed E-state index contributed by atoms with van der Waals surface area (Å²) < 4.78 is 14.7. The molecule has 140 valence electrons. The van der Waals surface area contributed by atoms with Crippen molar-refractivity contribution < 1.29 is 33.8 Å². The predicted molar refractivity (Wildman–Crippen MR) is 93.0 cm³/mol. The number of nitro groups is 1. The van der Waals surface area contributed by atoms with Gasteiger partial charge >= 0.3 is 12.1 Å². The third-order valence-electron chi connectivity index (χ3n) is 3.37. The summed E-state index contributed by atoms with van der Waals surface area (Å²) in [6.45, 7) is -0.240. The summed E-state index contributed by atoms with van der Waals surface area (Å²) >= 11 is 0. The van der Waals surface area contributed by atoms with Crippen molar-refractivity contribution >= 4 is 23.4 Å². The first-order valence-corrected chi connectivity index (χ1v) is 7.56. The number of hydrogen-bond acceptors (Lipinski definition) is 7. The number of carboxylic acids is 1. The Morgan fingerprint density at radius 3 is 2.41 bits per heavy atom. The van der Waals surface area contributed by atoms with E-state index < -0.39 is 17.0 Å². The number of carbonyl (C=O) groups excluding carboxylic acids is 1. The molecule has 0 saturated carbocycles. The van der Waals surface area contributed by atoms with Gasteiger partial charge in [-0.2, -0.15) is 0 Å². The molecule has 0 amide bonds. The number of ether oxygens (including phenoxy) is 3. The lowest BCUT2D eigenvalue weighted by Gasteiger charge is -2.11. The fourth-order valence-corrected chi connectivity index (χ4v) is 2.15. The highest BCUT2D eigenvalue weighted by atomic mass is 16.7. The Kier molecular flexibility index (Phi) is 6.48. The van der Waals surface area contributed by atoms with Crippen molar-refractivity contribution in [2.75, 3.05) is 7.11 Å². The van der Waals surface area contributed by atoms with Crippen LogP contribution in [0.5, 0.6) is 5.75 Å². The second kappa shape index (κ2) is 8.99. The molecule has 0 fully saturated rings. The van der Waals surface area contributed by atoms with Gasteiger partial charge in [-0.1, -0.05) is 24.3 Å². The normalized spacial score (nSPS) is 10.8. The van der Waals surface area contributed by atoms with Gasteiger partial charge in [0.1, 0.15) is 17.9 Å². The van der Waals surface area contributed by atoms with E-state index in [2.05, 4.69) is 0 Å². The molecular formula is C18H15NO8. The van der Waals surface area contributed by atoms with Gasteiger partial charge in [-0.05, 0) is 23.3 Å². The first kappa shape index (κ1) is 19.4. The third kappa shape index (κ3) is 5.30. The molecule has 27 heavy (non-hydrogen) atoms. The second-order valence-electron chi connectivity index (χ2n) is 5.12. The topological polar surface area (TPSA) is 125 Å². The Labute approximate surface area is 153 Å². The van der Waals surface area contributed by atoms with Gasteiger partial charge in [0.05, 0.1) is 18.3 Å². The summed E-state index contributed by atoms with van der Waals surface area (Å²) in [5.74, 6) is -1.12. The van der Waals surface area contributed by atoms with Gasteiger partial charge < -0.3 is 19.3 Å². The fraction of sp³-hybridized carbons (Fsp3) is 0.111. The molecule has 0 aliphatic rings. The van der Waals surface area contributed by atoms with Crippen LogP contribution in [0.25, 0.3) is 5.57 Å².